The lowest BCUT2D eigenvalue weighted by Crippen LogP contribution is -2.23. The molecule has 1 unspecified atom stereocenters. The smallest absolute Gasteiger partial charge is 0.00683 e. The van der Waals surface area contributed by atoms with E-state index in [1.54, 1.807) is 0 Å². The van der Waals surface area contributed by atoms with Gasteiger partial charge in [0.15, 0.2) is 0 Å². The highest BCUT2D eigenvalue weighted by Crippen LogP contribution is 2.19. The molecule has 0 amide bonds. The van der Waals surface area contributed by atoms with Crippen LogP contribution in [0.5, 0.6) is 0 Å². The maximum absolute atomic E-state index is 3.61. The van der Waals surface area contributed by atoms with Crippen LogP contribution in [0.3, 0.4) is 0 Å². The van der Waals surface area contributed by atoms with Crippen LogP contribution in [0.4, 0.5) is 0 Å². The van der Waals surface area contributed by atoms with E-state index in [0.29, 0.717) is 0 Å². The van der Waals surface area contributed by atoms with E-state index in [1.165, 1.54) is 50.6 Å². The first-order chi connectivity index (χ1) is 8.34. The summed E-state index contributed by atoms with van der Waals surface area (Å²) < 4.78 is 0. The lowest BCUT2D eigenvalue weighted by Gasteiger charge is -2.11. The summed E-state index contributed by atoms with van der Waals surface area (Å²) in [5, 5.41) is 3.61. The van der Waals surface area contributed by atoms with Crippen LogP contribution in [0.15, 0.2) is 30.3 Å². The number of hydrogen-bond donors (Lipinski definition) is 1. The van der Waals surface area contributed by atoms with E-state index in [1.807, 2.05) is 0 Å². The van der Waals surface area contributed by atoms with Crippen LogP contribution in [-0.4, -0.2) is 12.6 Å². The first kappa shape index (κ1) is 12.6. The zero-order valence-electron chi connectivity index (χ0n) is 11.0. The Morgan fingerprint density at radius 2 is 1.94 bits per heavy atom. The van der Waals surface area contributed by atoms with Gasteiger partial charge in [-0.15, -0.1) is 0 Å². The molecule has 1 atom stereocenters. The van der Waals surface area contributed by atoms with Gasteiger partial charge in [0.05, 0.1) is 0 Å². The van der Waals surface area contributed by atoms with Gasteiger partial charge >= 0.3 is 0 Å². The van der Waals surface area contributed by atoms with Crippen molar-refractivity contribution in [2.45, 2.75) is 51.5 Å². The van der Waals surface area contributed by atoms with Crippen LogP contribution in [0, 0.1) is 5.92 Å². The van der Waals surface area contributed by atoms with Crippen molar-refractivity contribution in [3.63, 3.8) is 0 Å². The second-order valence-electron chi connectivity index (χ2n) is 5.52. The molecule has 94 valence electrons. The lowest BCUT2D eigenvalue weighted by atomic mass is 10.0. The van der Waals surface area contributed by atoms with Crippen LogP contribution in [0.2, 0.25) is 0 Å². The third-order valence-corrected chi connectivity index (χ3v) is 3.59. The Labute approximate surface area is 106 Å². The number of benzene rings is 1. The predicted octanol–water partition coefficient (Wildman–Crippen LogP) is 3.79. The Bertz CT molecular complexity index is 303. The fourth-order valence-electron chi connectivity index (χ4n) is 2.22. The van der Waals surface area contributed by atoms with E-state index < -0.39 is 0 Å². The molecule has 1 heteroatoms. The molecule has 1 fully saturated rings. The average Bonchev–Trinajstić information content (AvgIpc) is 3.17. The first-order valence-electron chi connectivity index (χ1n) is 7.12. The number of rotatable bonds is 8. The van der Waals surface area contributed by atoms with Gasteiger partial charge in [0.2, 0.25) is 0 Å². The fourth-order valence-corrected chi connectivity index (χ4v) is 2.22. The third-order valence-electron chi connectivity index (χ3n) is 3.59. The third kappa shape index (κ3) is 5.36. The second kappa shape index (κ2) is 6.80. The fraction of sp³-hybridized carbons (Fsp3) is 0.625. The summed E-state index contributed by atoms with van der Waals surface area (Å²) >= 11 is 0. The van der Waals surface area contributed by atoms with E-state index in [-0.39, 0.29) is 0 Å². The van der Waals surface area contributed by atoms with E-state index in [4.69, 9.17) is 0 Å². The highest BCUT2D eigenvalue weighted by molar-refractivity contribution is 5.14. The molecule has 0 spiro atoms. The summed E-state index contributed by atoms with van der Waals surface area (Å²) in [6.45, 7) is 3.59. The van der Waals surface area contributed by atoms with Gasteiger partial charge in [0, 0.05) is 6.04 Å². The van der Waals surface area contributed by atoms with Crippen LogP contribution in [0.25, 0.3) is 0 Å². The van der Waals surface area contributed by atoms with E-state index in [0.717, 1.165) is 12.0 Å². The number of aryl methyl sites for hydroxylation is 1. The van der Waals surface area contributed by atoms with Gasteiger partial charge in [0.1, 0.15) is 0 Å². The maximum Gasteiger partial charge on any atom is 0.00683 e. The maximum atomic E-state index is 3.61. The number of unbranched alkanes of at least 4 members (excludes halogenated alkanes) is 1. The highest BCUT2D eigenvalue weighted by Gasteiger charge is 2.20. The second-order valence-corrected chi connectivity index (χ2v) is 5.52. The summed E-state index contributed by atoms with van der Waals surface area (Å²) in [4.78, 5) is 0. The normalized spacial score (nSPS) is 17.0. The molecule has 1 saturated carbocycles. The molecular formula is C16H25N. The van der Waals surface area contributed by atoms with Crippen molar-refractivity contribution in [2.75, 3.05) is 6.54 Å². The van der Waals surface area contributed by atoms with Gasteiger partial charge < -0.3 is 5.32 Å². The molecule has 1 aliphatic rings. The average molecular weight is 231 g/mol. The Morgan fingerprint density at radius 3 is 2.65 bits per heavy atom. The SMILES string of the molecule is CC(CCCCc1ccccc1)CNC1CC1. The number of hydrogen-bond acceptors (Lipinski definition) is 1. The Kier molecular flexibility index (Phi) is 5.06. The molecule has 17 heavy (non-hydrogen) atoms. The molecule has 1 nitrogen and oxygen atoms in total. The molecule has 0 bridgehead atoms. The minimum absolute atomic E-state index is 0.839. The summed E-state index contributed by atoms with van der Waals surface area (Å²) in [7, 11) is 0. The molecule has 1 N–H and O–H groups in total. The minimum Gasteiger partial charge on any atom is -0.314 e. The molecular weight excluding hydrogens is 206 g/mol. The zero-order valence-corrected chi connectivity index (χ0v) is 11.0. The molecule has 0 saturated heterocycles. The van der Waals surface area contributed by atoms with E-state index >= 15 is 0 Å². The molecule has 1 aromatic carbocycles. The van der Waals surface area contributed by atoms with Gasteiger partial charge in [0.25, 0.3) is 0 Å². The predicted molar refractivity (Wildman–Crippen MR) is 74.2 cm³/mol. The topological polar surface area (TPSA) is 12.0 Å². The molecule has 0 aliphatic heterocycles. The van der Waals surface area contributed by atoms with Gasteiger partial charge in [-0.3, -0.25) is 0 Å². The quantitative estimate of drug-likeness (QED) is 0.671. The van der Waals surface area contributed by atoms with Gasteiger partial charge in [-0.1, -0.05) is 43.7 Å². The van der Waals surface area contributed by atoms with Gasteiger partial charge in [-0.05, 0) is 50.1 Å². The standard InChI is InChI=1S/C16H25N/c1-14(13-17-16-11-12-16)7-5-6-10-15-8-3-2-4-9-15/h2-4,8-9,14,16-17H,5-7,10-13H2,1H3. The summed E-state index contributed by atoms with van der Waals surface area (Å²) in [5.74, 6) is 0.839. The van der Waals surface area contributed by atoms with Crippen molar-refractivity contribution in [3.8, 4) is 0 Å². The van der Waals surface area contributed by atoms with Crippen LogP contribution < -0.4 is 5.32 Å². The van der Waals surface area contributed by atoms with E-state index in [2.05, 4.69) is 42.6 Å². The molecule has 1 aliphatic carbocycles. The summed E-state index contributed by atoms with van der Waals surface area (Å²) in [6, 6.07) is 11.7. The molecule has 0 radical (unpaired) electrons. The van der Waals surface area contributed by atoms with Crippen molar-refractivity contribution >= 4 is 0 Å². The van der Waals surface area contributed by atoms with Crippen molar-refractivity contribution in [1.82, 2.24) is 5.32 Å². The summed E-state index contributed by atoms with van der Waals surface area (Å²) in [6.07, 6.45) is 8.11. The largest absolute Gasteiger partial charge is 0.314 e. The molecule has 0 heterocycles. The van der Waals surface area contributed by atoms with Crippen LogP contribution in [0.1, 0.15) is 44.6 Å². The van der Waals surface area contributed by atoms with Crippen molar-refractivity contribution in [3.05, 3.63) is 35.9 Å². The first-order valence-corrected chi connectivity index (χ1v) is 7.12. The van der Waals surface area contributed by atoms with E-state index in [9.17, 15) is 0 Å². The monoisotopic (exact) mass is 231 g/mol. The minimum atomic E-state index is 0.839. The van der Waals surface area contributed by atoms with Gasteiger partial charge in [-0.2, -0.15) is 0 Å². The molecule has 2 rings (SSSR count). The van der Waals surface area contributed by atoms with Crippen LogP contribution >= 0.6 is 0 Å². The highest BCUT2D eigenvalue weighted by atomic mass is 14.9. The Hall–Kier alpha value is -0.820. The van der Waals surface area contributed by atoms with Crippen molar-refractivity contribution in [1.29, 1.82) is 0 Å². The Balaban J connectivity index is 1.50. The number of nitrogens with one attached hydrogen (secondary N) is 1. The molecule has 1 aromatic rings. The zero-order chi connectivity index (χ0) is 11.9. The Morgan fingerprint density at radius 1 is 1.18 bits per heavy atom. The van der Waals surface area contributed by atoms with Crippen molar-refractivity contribution in [2.24, 2.45) is 5.92 Å². The summed E-state index contributed by atoms with van der Waals surface area (Å²) in [5.41, 5.74) is 1.48. The van der Waals surface area contributed by atoms with Crippen LogP contribution in [-0.2, 0) is 6.42 Å². The van der Waals surface area contributed by atoms with Crippen molar-refractivity contribution < 1.29 is 0 Å². The lowest BCUT2D eigenvalue weighted by molar-refractivity contribution is 0.458. The van der Waals surface area contributed by atoms with Gasteiger partial charge in [-0.25, -0.2) is 0 Å². The molecule has 0 aromatic heterocycles.